The van der Waals surface area contributed by atoms with Crippen molar-refractivity contribution in [1.82, 2.24) is 4.98 Å². The number of hydrogen-bond acceptors (Lipinski definition) is 6. The highest BCUT2D eigenvalue weighted by Crippen LogP contribution is 2.02. The first kappa shape index (κ1) is 12.4. The zero-order chi connectivity index (χ0) is 11.8. The molecule has 0 spiro atoms. The third-order valence-corrected chi connectivity index (χ3v) is 1.69. The summed E-state index contributed by atoms with van der Waals surface area (Å²) in [5, 5.41) is 8.42. The minimum absolute atomic E-state index is 0.0482. The minimum atomic E-state index is -0.521. The first-order valence-corrected chi connectivity index (χ1v) is 4.81. The first-order valence-electron chi connectivity index (χ1n) is 4.81. The molecule has 1 aromatic heterocycles. The summed E-state index contributed by atoms with van der Waals surface area (Å²) in [4.78, 5) is 15.2. The van der Waals surface area contributed by atoms with E-state index < -0.39 is 5.97 Å². The Morgan fingerprint density at radius 1 is 1.38 bits per heavy atom. The number of anilines is 1. The Morgan fingerprint density at radius 3 is 2.81 bits per heavy atom. The number of aromatic nitrogens is 1. The van der Waals surface area contributed by atoms with Gasteiger partial charge in [-0.1, -0.05) is 0 Å². The standard InChI is InChI=1S/C10H14N2O4/c11-8-1-2-9(12-7-8)10(14)16-6-5-15-4-3-13/h1-2,7,13H,3-6,11H2. The van der Waals surface area contributed by atoms with Gasteiger partial charge in [-0.2, -0.15) is 0 Å². The summed E-state index contributed by atoms with van der Waals surface area (Å²) in [7, 11) is 0. The second-order valence-corrected chi connectivity index (χ2v) is 2.95. The number of carbonyl (C=O) groups excluding carboxylic acids is 1. The highest BCUT2D eigenvalue weighted by molar-refractivity contribution is 5.87. The summed E-state index contributed by atoms with van der Waals surface area (Å²) in [6.45, 7) is 0.567. The molecule has 0 saturated carbocycles. The summed E-state index contributed by atoms with van der Waals surface area (Å²) >= 11 is 0. The number of aliphatic hydroxyl groups is 1. The van der Waals surface area contributed by atoms with E-state index in [1.54, 1.807) is 6.07 Å². The van der Waals surface area contributed by atoms with Crippen molar-refractivity contribution in [2.45, 2.75) is 0 Å². The molecule has 0 fully saturated rings. The summed E-state index contributed by atoms with van der Waals surface area (Å²) in [6.07, 6.45) is 1.39. The van der Waals surface area contributed by atoms with E-state index in [4.69, 9.17) is 20.3 Å². The lowest BCUT2D eigenvalue weighted by molar-refractivity contribution is 0.0253. The van der Waals surface area contributed by atoms with E-state index in [9.17, 15) is 4.79 Å². The van der Waals surface area contributed by atoms with Crippen LogP contribution in [0.1, 0.15) is 10.5 Å². The van der Waals surface area contributed by atoms with E-state index in [0.29, 0.717) is 5.69 Å². The molecule has 0 unspecified atom stereocenters. The third kappa shape index (κ3) is 4.24. The summed E-state index contributed by atoms with van der Waals surface area (Å²) in [6, 6.07) is 3.07. The third-order valence-electron chi connectivity index (χ3n) is 1.69. The van der Waals surface area contributed by atoms with Crippen LogP contribution in [0.2, 0.25) is 0 Å². The summed E-state index contributed by atoms with van der Waals surface area (Å²) in [5.74, 6) is -0.521. The predicted octanol–water partition coefficient (Wildman–Crippen LogP) is -0.171. The van der Waals surface area contributed by atoms with Gasteiger partial charge in [0, 0.05) is 0 Å². The Hall–Kier alpha value is -1.66. The van der Waals surface area contributed by atoms with Crippen molar-refractivity contribution >= 4 is 11.7 Å². The van der Waals surface area contributed by atoms with Crippen LogP contribution in [0, 0.1) is 0 Å². The van der Waals surface area contributed by atoms with Crippen molar-refractivity contribution < 1.29 is 19.4 Å². The van der Waals surface area contributed by atoms with E-state index in [-0.39, 0.29) is 32.1 Å². The molecule has 0 bridgehead atoms. The molecular formula is C10H14N2O4. The molecule has 1 aromatic rings. The van der Waals surface area contributed by atoms with Gasteiger partial charge < -0.3 is 20.3 Å². The number of nitrogens with zero attached hydrogens (tertiary/aromatic N) is 1. The van der Waals surface area contributed by atoms with Gasteiger partial charge in [0.25, 0.3) is 0 Å². The summed E-state index contributed by atoms with van der Waals surface area (Å²) < 4.78 is 9.79. The second-order valence-electron chi connectivity index (χ2n) is 2.95. The molecule has 0 radical (unpaired) electrons. The monoisotopic (exact) mass is 226 g/mol. The molecule has 6 heteroatoms. The Labute approximate surface area is 93.0 Å². The number of pyridine rings is 1. The quantitative estimate of drug-likeness (QED) is 0.516. The largest absolute Gasteiger partial charge is 0.459 e. The van der Waals surface area contributed by atoms with Crippen LogP contribution in [0.15, 0.2) is 18.3 Å². The molecule has 1 rings (SSSR count). The topological polar surface area (TPSA) is 94.7 Å². The number of carbonyl (C=O) groups is 1. The number of hydrogen-bond donors (Lipinski definition) is 2. The summed E-state index contributed by atoms with van der Waals surface area (Å²) in [5.41, 5.74) is 6.12. The van der Waals surface area contributed by atoms with E-state index in [1.807, 2.05) is 0 Å². The molecule has 6 nitrogen and oxygen atoms in total. The van der Waals surface area contributed by atoms with Gasteiger partial charge in [-0.05, 0) is 12.1 Å². The Bertz CT molecular complexity index is 326. The molecule has 0 aromatic carbocycles. The molecule has 1 heterocycles. The second kappa shape index (κ2) is 6.76. The van der Waals surface area contributed by atoms with Crippen molar-refractivity contribution in [3.63, 3.8) is 0 Å². The van der Waals surface area contributed by atoms with Gasteiger partial charge >= 0.3 is 5.97 Å². The maximum absolute atomic E-state index is 11.4. The zero-order valence-electron chi connectivity index (χ0n) is 8.76. The van der Waals surface area contributed by atoms with Crippen LogP contribution in [-0.4, -0.2) is 42.5 Å². The van der Waals surface area contributed by atoms with Gasteiger partial charge in [-0.15, -0.1) is 0 Å². The molecule has 88 valence electrons. The zero-order valence-corrected chi connectivity index (χ0v) is 8.76. The molecule has 0 amide bonds. The number of ether oxygens (including phenoxy) is 2. The average molecular weight is 226 g/mol. The molecule has 0 saturated heterocycles. The maximum Gasteiger partial charge on any atom is 0.356 e. The maximum atomic E-state index is 11.4. The number of aliphatic hydroxyl groups excluding tert-OH is 1. The van der Waals surface area contributed by atoms with Gasteiger partial charge in [0.1, 0.15) is 12.3 Å². The molecule has 0 aliphatic carbocycles. The Kier molecular flexibility index (Phi) is 5.24. The number of rotatable bonds is 6. The van der Waals surface area contributed by atoms with Crippen molar-refractivity contribution in [3.05, 3.63) is 24.0 Å². The van der Waals surface area contributed by atoms with Crippen molar-refractivity contribution in [1.29, 1.82) is 0 Å². The molecule has 0 aliphatic heterocycles. The van der Waals surface area contributed by atoms with Crippen molar-refractivity contribution in [3.8, 4) is 0 Å². The lowest BCUT2D eigenvalue weighted by Crippen LogP contribution is -2.13. The molecule has 0 atom stereocenters. The van der Waals surface area contributed by atoms with E-state index in [1.165, 1.54) is 12.3 Å². The lowest BCUT2D eigenvalue weighted by Gasteiger charge is -2.04. The smallest absolute Gasteiger partial charge is 0.356 e. The predicted molar refractivity (Wildman–Crippen MR) is 56.8 cm³/mol. The Balaban J connectivity index is 2.27. The molecule has 16 heavy (non-hydrogen) atoms. The van der Waals surface area contributed by atoms with Crippen molar-refractivity contribution in [2.75, 3.05) is 32.2 Å². The number of nitrogen functional groups attached to an aromatic ring is 1. The normalized spacial score (nSPS) is 10.1. The highest BCUT2D eigenvalue weighted by Gasteiger charge is 2.07. The van der Waals surface area contributed by atoms with Gasteiger partial charge in [-0.3, -0.25) is 0 Å². The fraction of sp³-hybridized carbons (Fsp3) is 0.400. The van der Waals surface area contributed by atoms with Gasteiger partial charge in [0.2, 0.25) is 0 Å². The van der Waals surface area contributed by atoms with E-state index in [0.717, 1.165) is 0 Å². The van der Waals surface area contributed by atoms with Crippen LogP contribution in [0.3, 0.4) is 0 Å². The van der Waals surface area contributed by atoms with Crippen LogP contribution in [0.4, 0.5) is 5.69 Å². The lowest BCUT2D eigenvalue weighted by atomic mass is 10.3. The fourth-order valence-electron chi connectivity index (χ4n) is 0.960. The van der Waals surface area contributed by atoms with Crippen molar-refractivity contribution in [2.24, 2.45) is 0 Å². The van der Waals surface area contributed by atoms with Gasteiger partial charge in [-0.25, -0.2) is 9.78 Å². The molecule has 3 N–H and O–H groups in total. The Morgan fingerprint density at radius 2 is 2.19 bits per heavy atom. The van der Waals surface area contributed by atoms with E-state index >= 15 is 0 Å². The minimum Gasteiger partial charge on any atom is -0.459 e. The molecular weight excluding hydrogens is 212 g/mol. The van der Waals surface area contributed by atoms with Gasteiger partial charge in [0.15, 0.2) is 0 Å². The van der Waals surface area contributed by atoms with Crippen LogP contribution >= 0.6 is 0 Å². The fourth-order valence-corrected chi connectivity index (χ4v) is 0.960. The first-order chi connectivity index (χ1) is 7.74. The van der Waals surface area contributed by atoms with Gasteiger partial charge in [0.05, 0.1) is 31.7 Å². The van der Waals surface area contributed by atoms with E-state index in [2.05, 4.69) is 4.98 Å². The average Bonchev–Trinajstić information content (AvgIpc) is 2.29. The van der Waals surface area contributed by atoms with Crippen LogP contribution in [0.25, 0.3) is 0 Å². The van der Waals surface area contributed by atoms with Crippen LogP contribution in [-0.2, 0) is 9.47 Å². The molecule has 0 aliphatic rings. The number of esters is 1. The SMILES string of the molecule is Nc1ccc(C(=O)OCCOCCO)nc1. The van der Waals surface area contributed by atoms with Crippen LogP contribution in [0.5, 0.6) is 0 Å². The number of nitrogens with two attached hydrogens (primary N) is 1. The highest BCUT2D eigenvalue weighted by atomic mass is 16.6. The van der Waals surface area contributed by atoms with Crippen LogP contribution < -0.4 is 5.73 Å².